The minimum absolute atomic E-state index is 0.101. The minimum Gasteiger partial charge on any atom is -0.495 e. The van der Waals surface area contributed by atoms with E-state index in [1.807, 2.05) is 0 Å². The monoisotopic (exact) mass is 491 g/mol. The van der Waals surface area contributed by atoms with Gasteiger partial charge in [0.2, 0.25) is 10.0 Å². The molecule has 3 aromatic rings. The van der Waals surface area contributed by atoms with Crippen LogP contribution < -0.4 is 10.1 Å². The van der Waals surface area contributed by atoms with Crippen LogP contribution in [0.4, 0.5) is 11.4 Å². The van der Waals surface area contributed by atoms with Gasteiger partial charge in [-0.05, 0) is 43.3 Å². The van der Waals surface area contributed by atoms with Crippen LogP contribution in [0.15, 0.2) is 47.5 Å². The number of pyridine rings is 1. The van der Waals surface area contributed by atoms with Gasteiger partial charge in [0.05, 0.1) is 35.5 Å². The van der Waals surface area contributed by atoms with Gasteiger partial charge < -0.3 is 14.8 Å². The van der Waals surface area contributed by atoms with Crippen molar-refractivity contribution in [2.24, 2.45) is 0 Å². The van der Waals surface area contributed by atoms with E-state index in [-0.39, 0.29) is 17.1 Å². The highest BCUT2D eigenvalue weighted by atomic mass is 35.5. The van der Waals surface area contributed by atoms with Gasteiger partial charge in [0.1, 0.15) is 11.3 Å². The summed E-state index contributed by atoms with van der Waals surface area (Å²) in [6.45, 7) is 6.14. The lowest BCUT2D eigenvalue weighted by molar-refractivity contribution is 0.0527. The molecular formula is C23H26ClN3O5S. The fourth-order valence-electron chi connectivity index (χ4n) is 3.46. The molecule has 176 valence electrons. The van der Waals surface area contributed by atoms with Gasteiger partial charge in [0, 0.05) is 29.7 Å². The number of benzene rings is 2. The van der Waals surface area contributed by atoms with Crippen LogP contribution in [0.1, 0.15) is 31.1 Å². The van der Waals surface area contributed by atoms with E-state index in [0.717, 1.165) is 0 Å². The molecule has 0 bridgehead atoms. The quantitative estimate of drug-likeness (QED) is 0.427. The van der Waals surface area contributed by atoms with Gasteiger partial charge in [-0.15, -0.1) is 0 Å². The van der Waals surface area contributed by atoms with Crippen LogP contribution in [0.5, 0.6) is 5.75 Å². The lowest BCUT2D eigenvalue weighted by Crippen LogP contribution is -2.30. The summed E-state index contributed by atoms with van der Waals surface area (Å²) in [6.07, 6.45) is 1.42. The summed E-state index contributed by atoms with van der Waals surface area (Å²) in [7, 11) is -2.23. The van der Waals surface area contributed by atoms with Crippen LogP contribution >= 0.6 is 11.6 Å². The number of hydrogen-bond donors (Lipinski definition) is 1. The Bertz CT molecular complexity index is 1280. The molecule has 0 saturated carbocycles. The first-order valence-electron chi connectivity index (χ1n) is 10.5. The van der Waals surface area contributed by atoms with Crippen molar-refractivity contribution in [1.82, 2.24) is 9.29 Å². The number of aromatic nitrogens is 1. The predicted octanol–water partition coefficient (Wildman–Crippen LogP) is 4.85. The molecule has 0 aliphatic heterocycles. The molecule has 10 heteroatoms. The number of hydrogen-bond acceptors (Lipinski definition) is 7. The molecule has 2 aromatic carbocycles. The number of rotatable bonds is 9. The van der Waals surface area contributed by atoms with Crippen molar-refractivity contribution in [3.63, 3.8) is 0 Å². The van der Waals surface area contributed by atoms with Gasteiger partial charge in [0.25, 0.3) is 0 Å². The Labute approximate surface area is 198 Å². The van der Waals surface area contributed by atoms with Crippen molar-refractivity contribution in [1.29, 1.82) is 0 Å². The number of ether oxygens (including phenoxy) is 2. The number of fused-ring (bicyclic) bond motifs is 1. The zero-order valence-electron chi connectivity index (χ0n) is 18.9. The molecule has 33 heavy (non-hydrogen) atoms. The standard InChI is InChI=1S/C23H26ClN3O5S/c1-5-27(6-2)33(29,30)16-9-11-21(31-4)20(13-16)26-22-17-12-15(24)8-10-19(17)25-14-18(22)23(28)32-7-3/h8-14H,5-7H2,1-4H3,(H,25,26). The number of esters is 1. The van der Waals surface area contributed by atoms with E-state index in [4.69, 9.17) is 21.1 Å². The summed E-state index contributed by atoms with van der Waals surface area (Å²) in [6, 6.07) is 9.65. The molecule has 0 fully saturated rings. The third kappa shape index (κ3) is 5.05. The fraction of sp³-hybridized carbons (Fsp3) is 0.304. The summed E-state index contributed by atoms with van der Waals surface area (Å²) in [4.78, 5) is 17.1. The first-order valence-corrected chi connectivity index (χ1v) is 12.3. The van der Waals surface area contributed by atoms with Gasteiger partial charge in [-0.1, -0.05) is 25.4 Å². The SMILES string of the molecule is CCOC(=O)c1cnc2ccc(Cl)cc2c1Nc1cc(S(=O)(=O)N(CC)CC)ccc1OC. The molecule has 0 spiro atoms. The van der Waals surface area contributed by atoms with Gasteiger partial charge in [-0.25, -0.2) is 13.2 Å². The molecular weight excluding hydrogens is 466 g/mol. The third-order valence-corrected chi connectivity index (χ3v) is 7.38. The van der Waals surface area contributed by atoms with Crippen LogP contribution in [0.25, 0.3) is 10.9 Å². The highest BCUT2D eigenvalue weighted by Crippen LogP contribution is 2.36. The van der Waals surface area contributed by atoms with E-state index in [1.165, 1.54) is 29.7 Å². The summed E-state index contributed by atoms with van der Waals surface area (Å²) in [5.74, 6) is -0.171. The largest absolute Gasteiger partial charge is 0.495 e. The summed E-state index contributed by atoms with van der Waals surface area (Å²) in [5.41, 5.74) is 1.53. The van der Waals surface area contributed by atoms with Crippen LogP contribution in [0, 0.1) is 0 Å². The van der Waals surface area contributed by atoms with E-state index in [0.29, 0.717) is 46.1 Å². The van der Waals surface area contributed by atoms with Gasteiger partial charge in [-0.3, -0.25) is 4.98 Å². The van der Waals surface area contributed by atoms with Crippen LogP contribution in [-0.4, -0.2) is 50.5 Å². The summed E-state index contributed by atoms with van der Waals surface area (Å²) >= 11 is 6.22. The molecule has 0 radical (unpaired) electrons. The average Bonchev–Trinajstić information content (AvgIpc) is 2.80. The third-order valence-electron chi connectivity index (χ3n) is 5.10. The molecule has 0 saturated heterocycles. The normalized spacial score (nSPS) is 11.6. The molecule has 1 aromatic heterocycles. The first kappa shape index (κ1) is 24.8. The number of halogens is 1. The fourth-order valence-corrected chi connectivity index (χ4v) is 5.11. The molecule has 0 aliphatic carbocycles. The van der Waals surface area contributed by atoms with Gasteiger partial charge in [0.15, 0.2) is 0 Å². The number of sulfonamides is 1. The van der Waals surface area contributed by atoms with Crippen molar-refractivity contribution >= 4 is 49.9 Å². The number of anilines is 2. The number of carbonyl (C=O) groups excluding carboxylic acids is 1. The molecule has 8 nitrogen and oxygen atoms in total. The van der Waals surface area contributed by atoms with E-state index in [2.05, 4.69) is 10.3 Å². The van der Waals surface area contributed by atoms with Crippen LogP contribution in [0.2, 0.25) is 5.02 Å². The van der Waals surface area contributed by atoms with Crippen LogP contribution in [0.3, 0.4) is 0 Å². The van der Waals surface area contributed by atoms with E-state index in [1.54, 1.807) is 45.0 Å². The maximum Gasteiger partial charge on any atom is 0.341 e. The first-order chi connectivity index (χ1) is 15.8. The van der Waals surface area contributed by atoms with Gasteiger partial charge >= 0.3 is 5.97 Å². The van der Waals surface area contributed by atoms with E-state index >= 15 is 0 Å². The average molecular weight is 492 g/mol. The predicted molar refractivity (Wildman–Crippen MR) is 129 cm³/mol. The zero-order valence-corrected chi connectivity index (χ0v) is 20.5. The zero-order chi connectivity index (χ0) is 24.2. The Morgan fingerprint density at radius 1 is 1.12 bits per heavy atom. The molecule has 0 amide bonds. The lowest BCUT2D eigenvalue weighted by Gasteiger charge is -2.20. The van der Waals surface area contributed by atoms with Crippen LogP contribution in [-0.2, 0) is 14.8 Å². The van der Waals surface area contributed by atoms with Gasteiger partial charge in [-0.2, -0.15) is 4.31 Å². The molecule has 1 heterocycles. The molecule has 3 rings (SSSR count). The summed E-state index contributed by atoms with van der Waals surface area (Å²) in [5, 5.41) is 4.21. The van der Waals surface area contributed by atoms with E-state index in [9.17, 15) is 13.2 Å². The Morgan fingerprint density at radius 3 is 2.48 bits per heavy atom. The maximum atomic E-state index is 13.1. The Balaban J connectivity index is 2.21. The molecule has 0 unspecified atom stereocenters. The number of nitrogens with zero attached hydrogens (tertiary/aromatic N) is 2. The maximum absolute atomic E-state index is 13.1. The lowest BCUT2D eigenvalue weighted by atomic mass is 10.1. The minimum atomic E-state index is -3.71. The number of carbonyl (C=O) groups is 1. The molecule has 0 atom stereocenters. The summed E-state index contributed by atoms with van der Waals surface area (Å²) < 4.78 is 38.2. The van der Waals surface area contributed by atoms with Crippen molar-refractivity contribution in [3.05, 3.63) is 53.2 Å². The second kappa shape index (κ2) is 10.4. The van der Waals surface area contributed by atoms with Crippen molar-refractivity contribution < 1.29 is 22.7 Å². The molecule has 1 N–H and O–H groups in total. The Hall–Kier alpha value is -2.88. The highest BCUT2D eigenvalue weighted by molar-refractivity contribution is 7.89. The highest BCUT2D eigenvalue weighted by Gasteiger charge is 2.24. The second-order valence-electron chi connectivity index (χ2n) is 7.01. The smallest absolute Gasteiger partial charge is 0.341 e. The van der Waals surface area contributed by atoms with Crippen molar-refractivity contribution in [3.8, 4) is 5.75 Å². The number of methoxy groups -OCH3 is 1. The van der Waals surface area contributed by atoms with Crippen molar-refractivity contribution in [2.75, 3.05) is 32.1 Å². The Kier molecular flexibility index (Phi) is 7.78. The van der Waals surface area contributed by atoms with E-state index < -0.39 is 16.0 Å². The topological polar surface area (TPSA) is 97.8 Å². The van der Waals surface area contributed by atoms with Crippen molar-refractivity contribution in [2.45, 2.75) is 25.7 Å². The Morgan fingerprint density at radius 2 is 1.85 bits per heavy atom. The molecule has 0 aliphatic rings. The second-order valence-corrected chi connectivity index (χ2v) is 9.38. The number of nitrogens with one attached hydrogen (secondary N) is 1.